The highest BCUT2D eigenvalue weighted by Crippen LogP contribution is 2.19. The summed E-state index contributed by atoms with van der Waals surface area (Å²) in [4.78, 5) is 12.3. The smallest absolute Gasteiger partial charge is 0.282 e. The van der Waals surface area contributed by atoms with Gasteiger partial charge in [-0.15, -0.1) is 0 Å². The van der Waals surface area contributed by atoms with Crippen LogP contribution in [0.3, 0.4) is 0 Å². The minimum Gasteiger partial charge on any atom is -0.355 e. The number of rotatable bonds is 8. The van der Waals surface area contributed by atoms with Crippen LogP contribution in [0.25, 0.3) is 0 Å². The second-order valence-corrected chi connectivity index (χ2v) is 9.38. The Labute approximate surface area is 173 Å². The van der Waals surface area contributed by atoms with E-state index < -0.39 is 10.2 Å². The van der Waals surface area contributed by atoms with Crippen molar-refractivity contribution in [1.29, 1.82) is 0 Å². The van der Waals surface area contributed by atoms with Crippen LogP contribution in [0.1, 0.15) is 29.5 Å². The van der Waals surface area contributed by atoms with Crippen LogP contribution in [0.15, 0.2) is 54.6 Å². The summed E-state index contributed by atoms with van der Waals surface area (Å²) in [5.41, 5.74) is 3.32. The summed E-state index contributed by atoms with van der Waals surface area (Å²) < 4.78 is 28.6. The zero-order chi connectivity index (χ0) is 20.7. The second kappa shape index (κ2) is 10.0. The van der Waals surface area contributed by atoms with Gasteiger partial charge in [-0.25, -0.2) is 0 Å². The van der Waals surface area contributed by atoms with Crippen LogP contribution in [0, 0.1) is 6.92 Å². The summed E-state index contributed by atoms with van der Waals surface area (Å²) in [7, 11) is -3.64. The molecule has 1 aliphatic rings. The third kappa shape index (κ3) is 6.13. The van der Waals surface area contributed by atoms with Gasteiger partial charge in [-0.2, -0.15) is 17.0 Å². The minimum atomic E-state index is -3.64. The molecule has 0 radical (unpaired) electrons. The first kappa shape index (κ1) is 21.5. The van der Waals surface area contributed by atoms with Crippen molar-refractivity contribution in [1.82, 2.24) is 13.9 Å². The summed E-state index contributed by atoms with van der Waals surface area (Å²) in [6, 6.07) is 17.9. The maximum Gasteiger partial charge on any atom is 0.282 e. The van der Waals surface area contributed by atoms with E-state index in [1.165, 1.54) is 14.2 Å². The molecule has 2 aromatic carbocycles. The van der Waals surface area contributed by atoms with Gasteiger partial charge in [-0.1, -0.05) is 60.2 Å². The van der Waals surface area contributed by atoms with Crippen LogP contribution in [0.4, 0.5) is 0 Å². The summed E-state index contributed by atoms with van der Waals surface area (Å²) in [6.07, 6.45) is 2.42. The van der Waals surface area contributed by atoms with Crippen molar-refractivity contribution in [3.05, 3.63) is 71.3 Å². The molecule has 1 saturated heterocycles. The first-order valence-electron chi connectivity index (χ1n) is 10.1. The van der Waals surface area contributed by atoms with E-state index in [1.54, 1.807) is 0 Å². The van der Waals surface area contributed by atoms with Gasteiger partial charge in [0.1, 0.15) is 0 Å². The van der Waals surface area contributed by atoms with Crippen molar-refractivity contribution in [2.45, 2.75) is 32.7 Å². The summed E-state index contributed by atoms with van der Waals surface area (Å²) >= 11 is 0. The molecule has 2 aromatic rings. The third-order valence-electron chi connectivity index (χ3n) is 5.07. The normalized spacial score (nSPS) is 17.1. The lowest BCUT2D eigenvalue weighted by Gasteiger charge is -2.34. The predicted molar refractivity (Wildman–Crippen MR) is 114 cm³/mol. The van der Waals surface area contributed by atoms with Crippen molar-refractivity contribution >= 4 is 16.1 Å². The fourth-order valence-corrected chi connectivity index (χ4v) is 5.06. The molecule has 6 nitrogen and oxygen atoms in total. The molecule has 0 bridgehead atoms. The lowest BCUT2D eigenvalue weighted by molar-refractivity contribution is -0.121. The number of hydrogen-bond acceptors (Lipinski definition) is 3. The molecule has 0 spiro atoms. The highest BCUT2D eigenvalue weighted by molar-refractivity contribution is 7.86. The van der Waals surface area contributed by atoms with Gasteiger partial charge in [-0.05, 0) is 37.3 Å². The van der Waals surface area contributed by atoms with Gasteiger partial charge in [-0.3, -0.25) is 4.79 Å². The number of amides is 1. The SMILES string of the molecule is Cc1ccc(CN2CCCN(CC(=O)NCCCc3ccccc3)S2(=O)=O)cc1. The Morgan fingerprint density at radius 1 is 0.966 bits per heavy atom. The number of nitrogens with zero attached hydrogens (tertiary/aromatic N) is 2. The van der Waals surface area contributed by atoms with E-state index in [2.05, 4.69) is 17.4 Å². The molecule has 1 heterocycles. The van der Waals surface area contributed by atoms with E-state index in [0.29, 0.717) is 32.6 Å². The predicted octanol–water partition coefficient (Wildman–Crippen LogP) is 2.50. The molecule has 156 valence electrons. The highest BCUT2D eigenvalue weighted by atomic mass is 32.2. The molecule has 0 atom stereocenters. The number of hydrogen-bond donors (Lipinski definition) is 1. The summed E-state index contributed by atoms with van der Waals surface area (Å²) in [6.45, 7) is 3.60. The second-order valence-electron chi connectivity index (χ2n) is 7.45. The van der Waals surface area contributed by atoms with E-state index in [9.17, 15) is 13.2 Å². The van der Waals surface area contributed by atoms with E-state index >= 15 is 0 Å². The van der Waals surface area contributed by atoms with Gasteiger partial charge in [0.2, 0.25) is 5.91 Å². The van der Waals surface area contributed by atoms with Crippen LogP contribution >= 0.6 is 0 Å². The van der Waals surface area contributed by atoms with Gasteiger partial charge < -0.3 is 5.32 Å². The van der Waals surface area contributed by atoms with E-state index in [-0.39, 0.29) is 12.5 Å². The van der Waals surface area contributed by atoms with Crippen LogP contribution in [0.5, 0.6) is 0 Å². The Kier molecular flexibility index (Phi) is 7.41. The quantitative estimate of drug-likeness (QED) is 0.674. The molecule has 1 amide bonds. The topological polar surface area (TPSA) is 69.7 Å². The fourth-order valence-electron chi connectivity index (χ4n) is 3.42. The average molecular weight is 416 g/mol. The molecule has 7 heteroatoms. The van der Waals surface area contributed by atoms with Crippen molar-refractivity contribution in [2.24, 2.45) is 0 Å². The molecule has 1 aliphatic heterocycles. The van der Waals surface area contributed by atoms with Crippen molar-refractivity contribution in [3.63, 3.8) is 0 Å². The van der Waals surface area contributed by atoms with Crippen LogP contribution < -0.4 is 5.32 Å². The van der Waals surface area contributed by atoms with Gasteiger partial charge >= 0.3 is 0 Å². The van der Waals surface area contributed by atoms with E-state index in [1.807, 2.05) is 49.4 Å². The maximum absolute atomic E-state index is 12.9. The fraction of sp³-hybridized carbons (Fsp3) is 0.409. The standard InChI is InChI=1S/C22H29N3O3S/c1-19-10-12-21(13-11-19)17-24-15-6-16-25(29(24,27)28)18-22(26)23-14-5-9-20-7-3-2-4-8-20/h2-4,7-8,10-13H,5-6,9,14-18H2,1H3,(H,23,26). The molecular weight excluding hydrogens is 386 g/mol. The Morgan fingerprint density at radius 3 is 2.38 bits per heavy atom. The number of nitrogens with one attached hydrogen (secondary N) is 1. The summed E-state index contributed by atoms with van der Waals surface area (Å²) in [5, 5.41) is 2.85. The van der Waals surface area contributed by atoms with E-state index in [4.69, 9.17) is 0 Å². The van der Waals surface area contributed by atoms with Crippen molar-refractivity contribution in [2.75, 3.05) is 26.2 Å². The maximum atomic E-state index is 12.9. The zero-order valence-electron chi connectivity index (χ0n) is 16.9. The van der Waals surface area contributed by atoms with Gasteiger partial charge in [0.25, 0.3) is 10.2 Å². The first-order valence-corrected chi connectivity index (χ1v) is 11.5. The number of aryl methyl sites for hydroxylation is 2. The van der Waals surface area contributed by atoms with Crippen LogP contribution in [-0.2, 0) is 28.0 Å². The first-order chi connectivity index (χ1) is 13.9. The van der Waals surface area contributed by atoms with Crippen LogP contribution in [-0.4, -0.2) is 49.1 Å². The van der Waals surface area contributed by atoms with Crippen molar-refractivity contribution < 1.29 is 13.2 Å². The highest BCUT2D eigenvalue weighted by Gasteiger charge is 2.34. The molecule has 0 saturated carbocycles. The Hall–Kier alpha value is -2.22. The molecular formula is C22H29N3O3S. The lowest BCUT2D eigenvalue weighted by atomic mass is 10.1. The minimum absolute atomic E-state index is 0.127. The molecule has 29 heavy (non-hydrogen) atoms. The largest absolute Gasteiger partial charge is 0.355 e. The van der Waals surface area contributed by atoms with Gasteiger partial charge in [0.15, 0.2) is 0 Å². The molecule has 3 rings (SSSR count). The Morgan fingerprint density at radius 2 is 1.66 bits per heavy atom. The third-order valence-corrected chi connectivity index (χ3v) is 7.00. The Bertz CT molecular complexity index is 899. The van der Waals surface area contributed by atoms with E-state index in [0.717, 1.165) is 24.0 Å². The average Bonchev–Trinajstić information content (AvgIpc) is 2.71. The molecule has 0 unspecified atom stereocenters. The summed E-state index contributed by atoms with van der Waals surface area (Å²) in [5.74, 6) is -0.251. The van der Waals surface area contributed by atoms with Crippen molar-refractivity contribution in [3.8, 4) is 0 Å². The number of benzene rings is 2. The zero-order valence-corrected chi connectivity index (χ0v) is 17.7. The van der Waals surface area contributed by atoms with Crippen LogP contribution in [0.2, 0.25) is 0 Å². The van der Waals surface area contributed by atoms with Gasteiger partial charge in [0.05, 0.1) is 6.54 Å². The molecule has 1 N–H and O–H groups in total. The molecule has 0 aliphatic carbocycles. The number of carbonyl (C=O) groups is 1. The Balaban J connectivity index is 1.49. The molecule has 1 fully saturated rings. The van der Waals surface area contributed by atoms with Gasteiger partial charge in [0, 0.05) is 26.2 Å². The molecule has 0 aromatic heterocycles. The lowest BCUT2D eigenvalue weighted by Crippen LogP contribution is -2.52. The monoisotopic (exact) mass is 415 g/mol. The number of carbonyl (C=O) groups excluding carboxylic acids is 1.